The largest absolute Gasteiger partial charge is 0.393 e. The summed E-state index contributed by atoms with van der Waals surface area (Å²) < 4.78 is 0. The first-order valence-electron chi connectivity index (χ1n) is 17.3. The number of Topliss-reactive ketones (excluding diaryl/α,β-unsaturated/α-hetero) is 1. The second-order valence-corrected chi connectivity index (χ2v) is 12.3. The lowest BCUT2D eigenvalue weighted by Crippen LogP contribution is -2.44. The fourth-order valence-electron chi connectivity index (χ4n) is 5.70. The molecule has 0 rings (SSSR count). The highest BCUT2D eigenvalue weighted by molar-refractivity contribution is 5.82. The van der Waals surface area contributed by atoms with E-state index in [1.807, 2.05) is 0 Å². The molecule has 39 heavy (non-hydrogen) atoms. The molecule has 0 aromatic heterocycles. The Balaban J connectivity index is 3.84. The second-order valence-electron chi connectivity index (χ2n) is 12.3. The van der Waals surface area contributed by atoms with Crippen molar-refractivity contribution < 1.29 is 20.1 Å². The molecule has 0 saturated heterocycles. The predicted octanol–water partition coefficient (Wildman–Crippen LogP) is 8.74. The number of carbonyl (C=O) groups excluding carboxylic acids is 1. The molecule has 0 spiro atoms. The molecule has 0 aliphatic heterocycles. The van der Waals surface area contributed by atoms with Crippen molar-refractivity contribution in [3.05, 3.63) is 0 Å². The normalized spacial score (nSPS) is 14.8. The van der Waals surface area contributed by atoms with Gasteiger partial charge in [-0.2, -0.15) is 0 Å². The summed E-state index contributed by atoms with van der Waals surface area (Å²) in [5, 5.41) is 30.9. The number of unbranched alkanes of at least 4 members (excludes halogenated alkanes) is 22. The molecule has 0 heterocycles. The average Bonchev–Trinajstić information content (AvgIpc) is 2.89. The molecule has 234 valence electrons. The minimum atomic E-state index is -1.39. The molecule has 0 aromatic carbocycles. The van der Waals surface area contributed by atoms with Crippen LogP contribution in [0.2, 0.25) is 0 Å². The Morgan fingerprint density at radius 1 is 0.513 bits per heavy atom. The van der Waals surface area contributed by atoms with Crippen molar-refractivity contribution in [2.24, 2.45) is 11.7 Å². The Morgan fingerprint density at radius 3 is 1.15 bits per heavy atom. The lowest BCUT2D eigenvalue weighted by molar-refractivity contribution is -0.133. The molecule has 0 radical (unpaired) electrons. The van der Waals surface area contributed by atoms with Crippen LogP contribution in [0.1, 0.15) is 187 Å². The summed E-state index contributed by atoms with van der Waals surface area (Å²) in [5.41, 5.74) is 5.66. The lowest BCUT2D eigenvalue weighted by atomic mass is 9.88. The van der Waals surface area contributed by atoms with E-state index in [2.05, 4.69) is 13.8 Å². The Kier molecular flexibility index (Phi) is 28.7. The van der Waals surface area contributed by atoms with Crippen molar-refractivity contribution in [2.75, 3.05) is 0 Å². The first kappa shape index (κ1) is 38.5. The van der Waals surface area contributed by atoms with Crippen LogP contribution in [0.25, 0.3) is 0 Å². The summed E-state index contributed by atoms with van der Waals surface area (Å²) in [6, 6.07) is 0. The summed E-state index contributed by atoms with van der Waals surface area (Å²) >= 11 is 0. The smallest absolute Gasteiger partial charge is 0.145 e. The van der Waals surface area contributed by atoms with Gasteiger partial charge in [-0.1, -0.05) is 168 Å². The van der Waals surface area contributed by atoms with E-state index in [1.54, 1.807) is 0 Å². The van der Waals surface area contributed by atoms with E-state index in [4.69, 9.17) is 5.73 Å². The van der Waals surface area contributed by atoms with Crippen LogP contribution in [0.3, 0.4) is 0 Å². The van der Waals surface area contributed by atoms with Gasteiger partial charge < -0.3 is 21.1 Å². The van der Waals surface area contributed by atoms with Crippen LogP contribution < -0.4 is 5.73 Å². The fourth-order valence-corrected chi connectivity index (χ4v) is 5.70. The summed E-state index contributed by atoms with van der Waals surface area (Å²) in [4.78, 5) is 12.7. The Labute approximate surface area is 243 Å². The van der Waals surface area contributed by atoms with Gasteiger partial charge >= 0.3 is 0 Å². The third-order valence-electron chi connectivity index (χ3n) is 8.34. The molecule has 0 aliphatic carbocycles. The Morgan fingerprint density at radius 2 is 0.821 bits per heavy atom. The average molecular weight is 556 g/mol. The summed E-state index contributed by atoms with van der Waals surface area (Å²) in [5.74, 6) is -1.32. The number of nitrogens with two attached hydrogens (primary N) is 1. The zero-order chi connectivity index (χ0) is 29.0. The van der Waals surface area contributed by atoms with Crippen LogP contribution in [0.4, 0.5) is 0 Å². The highest BCUT2D eigenvalue weighted by Crippen LogP contribution is 2.20. The number of aliphatic hydroxyl groups excluding tert-OH is 3. The molecule has 0 fully saturated rings. The molecule has 5 N–H and O–H groups in total. The minimum absolute atomic E-state index is 0.0354. The fraction of sp³-hybridized carbons (Fsp3) is 0.971. The Hall–Kier alpha value is -0.490. The van der Waals surface area contributed by atoms with Crippen LogP contribution in [0.15, 0.2) is 0 Å². The maximum Gasteiger partial charge on any atom is 0.145 e. The number of ketones is 1. The highest BCUT2D eigenvalue weighted by Gasteiger charge is 2.32. The zero-order valence-corrected chi connectivity index (χ0v) is 26.2. The van der Waals surface area contributed by atoms with Gasteiger partial charge in [0.05, 0.1) is 18.1 Å². The predicted molar refractivity (Wildman–Crippen MR) is 167 cm³/mol. The second kappa shape index (κ2) is 29.0. The van der Waals surface area contributed by atoms with Crippen molar-refractivity contribution in [3.8, 4) is 0 Å². The minimum Gasteiger partial charge on any atom is -0.393 e. The SMILES string of the molecule is CCCCCCCCCCCCCCC[C@@H](O)[C@H](C(=O)C[C@H](O)CCCCCCCCCCCCC)C(N)O. The standard InChI is InChI=1S/C34H69NO4/c1-3-5-7-9-11-13-15-16-18-20-22-24-26-28-31(37)33(34(35)39)32(38)29-30(36)27-25-23-21-19-17-14-12-10-8-6-4-2/h30-31,33-34,36-37,39H,3-29,35H2,1-2H3/t30-,31-,33-,34?/m1/s1. The molecular formula is C34H69NO4. The van der Waals surface area contributed by atoms with Gasteiger partial charge in [0.2, 0.25) is 0 Å². The van der Waals surface area contributed by atoms with Crippen LogP contribution in [0, 0.1) is 5.92 Å². The molecule has 1 unspecified atom stereocenters. The van der Waals surface area contributed by atoms with Crippen LogP contribution in [0.5, 0.6) is 0 Å². The monoisotopic (exact) mass is 556 g/mol. The van der Waals surface area contributed by atoms with Crippen LogP contribution in [-0.4, -0.2) is 39.5 Å². The van der Waals surface area contributed by atoms with Crippen molar-refractivity contribution in [1.29, 1.82) is 0 Å². The summed E-state index contributed by atoms with van der Waals surface area (Å²) in [6.07, 6.45) is 28.1. The van der Waals surface area contributed by atoms with E-state index in [0.29, 0.717) is 12.8 Å². The van der Waals surface area contributed by atoms with Gasteiger partial charge in [-0.05, 0) is 12.8 Å². The van der Waals surface area contributed by atoms with Crippen molar-refractivity contribution in [2.45, 2.75) is 206 Å². The van der Waals surface area contributed by atoms with E-state index in [-0.39, 0.29) is 12.2 Å². The quantitative estimate of drug-likeness (QED) is 0.0506. The third kappa shape index (κ3) is 25.0. The number of rotatable bonds is 31. The molecule has 5 nitrogen and oxygen atoms in total. The number of hydrogen-bond donors (Lipinski definition) is 4. The maximum atomic E-state index is 12.7. The topological polar surface area (TPSA) is 104 Å². The molecule has 5 heteroatoms. The van der Waals surface area contributed by atoms with Gasteiger partial charge in [0.25, 0.3) is 0 Å². The number of aliphatic hydroxyl groups is 3. The van der Waals surface area contributed by atoms with Crippen molar-refractivity contribution >= 4 is 5.78 Å². The van der Waals surface area contributed by atoms with E-state index < -0.39 is 24.4 Å². The van der Waals surface area contributed by atoms with Gasteiger partial charge in [0, 0.05) is 6.42 Å². The molecule has 0 amide bonds. The third-order valence-corrected chi connectivity index (χ3v) is 8.34. The van der Waals surface area contributed by atoms with E-state index in [1.165, 1.54) is 122 Å². The highest BCUT2D eigenvalue weighted by atomic mass is 16.3. The lowest BCUT2D eigenvalue weighted by Gasteiger charge is -2.25. The van der Waals surface area contributed by atoms with Gasteiger partial charge in [-0.3, -0.25) is 4.79 Å². The molecular weight excluding hydrogens is 486 g/mol. The molecule has 0 bridgehead atoms. The molecule has 0 aliphatic rings. The van der Waals surface area contributed by atoms with E-state index >= 15 is 0 Å². The Bertz CT molecular complexity index is 513. The first-order valence-corrected chi connectivity index (χ1v) is 17.3. The van der Waals surface area contributed by atoms with Gasteiger partial charge in [0.15, 0.2) is 0 Å². The summed E-state index contributed by atoms with van der Waals surface area (Å²) in [6.45, 7) is 4.50. The number of hydrogen-bond acceptors (Lipinski definition) is 5. The van der Waals surface area contributed by atoms with Crippen molar-refractivity contribution in [1.82, 2.24) is 0 Å². The molecule has 4 atom stereocenters. The van der Waals surface area contributed by atoms with Crippen LogP contribution >= 0.6 is 0 Å². The van der Waals surface area contributed by atoms with E-state index in [9.17, 15) is 20.1 Å². The van der Waals surface area contributed by atoms with Crippen LogP contribution in [-0.2, 0) is 4.79 Å². The van der Waals surface area contributed by atoms with Crippen molar-refractivity contribution in [3.63, 3.8) is 0 Å². The van der Waals surface area contributed by atoms with E-state index in [0.717, 1.165) is 32.1 Å². The zero-order valence-electron chi connectivity index (χ0n) is 26.2. The number of carbonyl (C=O) groups is 1. The maximum absolute atomic E-state index is 12.7. The van der Waals surface area contributed by atoms with Gasteiger partial charge in [0.1, 0.15) is 12.0 Å². The molecule has 0 aromatic rings. The molecule has 0 saturated carbocycles. The summed E-state index contributed by atoms with van der Waals surface area (Å²) in [7, 11) is 0. The van der Waals surface area contributed by atoms with Gasteiger partial charge in [-0.25, -0.2) is 0 Å². The van der Waals surface area contributed by atoms with Gasteiger partial charge in [-0.15, -0.1) is 0 Å². The first-order chi connectivity index (χ1) is 18.9.